The molecule has 1 aromatic carbocycles. The topological polar surface area (TPSA) is 77.5 Å². The number of rotatable bonds is 5. The average Bonchev–Trinajstić information content (AvgIpc) is 3.34. The van der Waals surface area contributed by atoms with Crippen LogP contribution in [-0.4, -0.2) is 48.7 Å². The Morgan fingerprint density at radius 2 is 2.09 bits per heavy atom. The minimum Gasteiger partial charge on any atom is -0.463 e. The molecule has 124 valence electrons. The minimum atomic E-state index is -0.763. The molecule has 0 radical (unpaired) electrons. The molecule has 0 amide bonds. The lowest BCUT2D eigenvalue weighted by atomic mass is 10.1. The number of aliphatic hydroxyl groups is 1. The lowest BCUT2D eigenvalue weighted by molar-refractivity contribution is -0.260. The van der Waals surface area contributed by atoms with Crippen molar-refractivity contribution in [3.05, 3.63) is 48.0 Å². The van der Waals surface area contributed by atoms with E-state index in [1.165, 1.54) is 6.08 Å². The predicted molar refractivity (Wildman–Crippen MR) is 80.4 cm³/mol. The van der Waals surface area contributed by atoms with Gasteiger partial charge >= 0.3 is 5.97 Å². The first kappa shape index (κ1) is 16.1. The number of epoxide rings is 1. The molecule has 0 spiro atoms. The van der Waals surface area contributed by atoms with Gasteiger partial charge in [0, 0.05) is 11.6 Å². The molecular formula is C17H20O6. The Labute approximate surface area is 134 Å². The number of ether oxygens (including phenoxy) is 4. The van der Waals surface area contributed by atoms with Crippen LogP contribution in [0.4, 0.5) is 0 Å². The van der Waals surface area contributed by atoms with Gasteiger partial charge in [0.25, 0.3) is 0 Å². The third-order valence-corrected chi connectivity index (χ3v) is 3.74. The molecular weight excluding hydrogens is 300 g/mol. The third kappa shape index (κ3) is 3.97. The Bertz CT molecular complexity index is 557. The van der Waals surface area contributed by atoms with Crippen LogP contribution in [0, 0.1) is 0 Å². The summed E-state index contributed by atoms with van der Waals surface area (Å²) in [6, 6.07) is 9.54. The lowest BCUT2D eigenvalue weighted by Crippen LogP contribution is -2.44. The maximum Gasteiger partial charge on any atom is 0.330 e. The minimum absolute atomic E-state index is 0.179. The monoisotopic (exact) mass is 320 g/mol. The van der Waals surface area contributed by atoms with Gasteiger partial charge < -0.3 is 24.1 Å². The van der Waals surface area contributed by atoms with Gasteiger partial charge in [0.2, 0.25) is 0 Å². The summed E-state index contributed by atoms with van der Waals surface area (Å²) in [7, 11) is 0. The lowest BCUT2D eigenvalue weighted by Gasteiger charge is -2.33. The fraction of sp³-hybridized carbons (Fsp3) is 0.471. The number of esters is 1. The van der Waals surface area contributed by atoms with Gasteiger partial charge in [-0.15, -0.1) is 0 Å². The number of aliphatic hydroxyl groups excluding tert-OH is 1. The molecule has 6 nitrogen and oxygen atoms in total. The maximum atomic E-state index is 11.3. The molecule has 0 aromatic heterocycles. The van der Waals surface area contributed by atoms with Gasteiger partial charge in [-0.1, -0.05) is 30.3 Å². The summed E-state index contributed by atoms with van der Waals surface area (Å²) in [4.78, 5) is 11.3. The van der Waals surface area contributed by atoms with Crippen LogP contribution in [0.25, 0.3) is 0 Å². The predicted octanol–water partition coefficient (Wildman–Crippen LogP) is 1.35. The molecule has 2 saturated heterocycles. The molecule has 2 aliphatic heterocycles. The van der Waals surface area contributed by atoms with E-state index in [1.807, 2.05) is 30.3 Å². The number of hydrogen-bond donors (Lipinski definition) is 1. The van der Waals surface area contributed by atoms with E-state index in [1.54, 1.807) is 13.0 Å². The van der Waals surface area contributed by atoms with Gasteiger partial charge in [-0.05, 0) is 13.0 Å². The van der Waals surface area contributed by atoms with E-state index >= 15 is 0 Å². The summed E-state index contributed by atoms with van der Waals surface area (Å²) in [5.74, 6) is -0.405. The molecule has 23 heavy (non-hydrogen) atoms. The third-order valence-electron chi connectivity index (χ3n) is 3.74. The van der Waals surface area contributed by atoms with Crippen molar-refractivity contribution in [1.29, 1.82) is 0 Å². The highest BCUT2D eigenvalue weighted by Crippen LogP contribution is 2.36. The van der Waals surface area contributed by atoms with E-state index in [-0.39, 0.29) is 18.8 Å². The smallest absolute Gasteiger partial charge is 0.330 e. The van der Waals surface area contributed by atoms with Crippen molar-refractivity contribution in [2.45, 2.75) is 37.6 Å². The first-order chi connectivity index (χ1) is 11.2. The first-order valence-electron chi connectivity index (χ1n) is 7.69. The summed E-state index contributed by atoms with van der Waals surface area (Å²) in [5.41, 5.74) is 0.892. The van der Waals surface area contributed by atoms with Gasteiger partial charge in [-0.25, -0.2) is 4.79 Å². The van der Waals surface area contributed by atoms with E-state index < -0.39 is 24.5 Å². The molecule has 0 aliphatic carbocycles. The van der Waals surface area contributed by atoms with Gasteiger partial charge in [-0.2, -0.15) is 0 Å². The zero-order valence-corrected chi connectivity index (χ0v) is 12.8. The zero-order chi connectivity index (χ0) is 16.2. The Hall–Kier alpha value is -1.73. The van der Waals surface area contributed by atoms with E-state index in [2.05, 4.69) is 0 Å². The molecule has 0 bridgehead atoms. The van der Waals surface area contributed by atoms with Crippen LogP contribution in [-0.2, 0) is 23.7 Å². The van der Waals surface area contributed by atoms with Crippen LogP contribution in [0.3, 0.4) is 0 Å². The highest BCUT2D eigenvalue weighted by atomic mass is 16.7. The Morgan fingerprint density at radius 3 is 2.83 bits per heavy atom. The second-order valence-corrected chi connectivity index (χ2v) is 5.42. The molecule has 3 rings (SSSR count). The van der Waals surface area contributed by atoms with Crippen molar-refractivity contribution in [2.75, 3.05) is 13.2 Å². The van der Waals surface area contributed by atoms with E-state index in [4.69, 9.17) is 18.9 Å². The van der Waals surface area contributed by atoms with E-state index in [0.29, 0.717) is 6.61 Å². The van der Waals surface area contributed by atoms with E-state index in [9.17, 15) is 9.90 Å². The second kappa shape index (κ2) is 7.23. The van der Waals surface area contributed by atoms with Crippen molar-refractivity contribution in [3.8, 4) is 0 Å². The summed E-state index contributed by atoms with van der Waals surface area (Å²) in [6.45, 7) is 2.26. The highest BCUT2D eigenvalue weighted by molar-refractivity contribution is 5.82. The van der Waals surface area contributed by atoms with Gasteiger partial charge in [0.15, 0.2) is 6.29 Å². The SMILES string of the molecule is CCOC(=O)/C=C/[C@H]1O[C@H]1[C@@H]1O[C@H](c2ccccc2)OC[C@@H]1O. The zero-order valence-electron chi connectivity index (χ0n) is 12.8. The fourth-order valence-corrected chi connectivity index (χ4v) is 2.55. The second-order valence-electron chi connectivity index (χ2n) is 5.42. The van der Waals surface area contributed by atoms with Crippen LogP contribution in [0.2, 0.25) is 0 Å². The van der Waals surface area contributed by atoms with Crippen LogP contribution in [0.5, 0.6) is 0 Å². The summed E-state index contributed by atoms with van der Waals surface area (Å²) < 4.78 is 21.7. The van der Waals surface area contributed by atoms with Crippen molar-refractivity contribution in [1.82, 2.24) is 0 Å². The molecule has 1 aromatic rings. The number of carbonyl (C=O) groups excluding carboxylic acids is 1. The molecule has 1 N–H and O–H groups in total. The fourth-order valence-electron chi connectivity index (χ4n) is 2.55. The molecule has 5 atom stereocenters. The molecule has 2 aliphatic rings. The Morgan fingerprint density at radius 1 is 1.30 bits per heavy atom. The molecule has 2 fully saturated rings. The van der Waals surface area contributed by atoms with Gasteiger partial charge in [-0.3, -0.25) is 0 Å². The first-order valence-corrected chi connectivity index (χ1v) is 7.69. The van der Waals surface area contributed by atoms with E-state index in [0.717, 1.165) is 5.56 Å². The Kier molecular flexibility index (Phi) is 5.07. The summed E-state index contributed by atoms with van der Waals surface area (Å²) >= 11 is 0. The number of hydrogen-bond acceptors (Lipinski definition) is 6. The quantitative estimate of drug-likeness (QED) is 0.501. The number of benzene rings is 1. The molecule has 2 heterocycles. The maximum absolute atomic E-state index is 11.3. The molecule has 6 heteroatoms. The van der Waals surface area contributed by atoms with Crippen molar-refractivity contribution < 1.29 is 28.8 Å². The standard InChI is InChI=1S/C17H20O6/c1-2-20-14(19)9-8-13-16(22-13)15-12(18)10-21-17(23-15)11-6-4-3-5-7-11/h3-9,12-13,15-18H,2,10H2,1H3/b9-8+/t12-,13+,15+,16+,17+/m0/s1. The highest BCUT2D eigenvalue weighted by Gasteiger charge is 2.50. The van der Waals surface area contributed by atoms with Gasteiger partial charge in [0.05, 0.1) is 13.2 Å². The average molecular weight is 320 g/mol. The Balaban J connectivity index is 1.58. The van der Waals surface area contributed by atoms with Crippen LogP contribution in [0.1, 0.15) is 18.8 Å². The molecule has 0 unspecified atom stereocenters. The summed E-state index contributed by atoms with van der Waals surface area (Å²) in [6.07, 6.45) is 0.648. The van der Waals surface area contributed by atoms with Crippen molar-refractivity contribution in [2.24, 2.45) is 0 Å². The van der Waals surface area contributed by atoms with Crippen molar-refractivity contribution in [3.63, 3.8) is 0 Å². The van der Waals surface area contributed by atoms with Crippen LogP contribution >= 0.6 is 0 Å². The normalized spacial score (nSPS) is 33.6. The van der Waals surface area contributed by atoms with Crippen molar-refractivity contribution >= 4 is 5.97 Å². The molecule has 0 saturated carbocycles. The largest absolute Gasteiger partial charge is 0.463 e. The number of carbonyl (C=O) groups is 1. The van der Waals surface area contributed by atoms with Crippen LogP contribution < -0.4 is 0 Å². The van der Waals surface area contributed by atoms with Crippen LogP contribution in [0.15, 0.2) is 42.5 Å². The summed E-state index contributed by atoms with van der Waals surface area (Å²) in [5, 5.41) is 10.1. The van der Waals surface area contributed by atoms with Gasteiger partial charge in [0.1, 0.15) is 24.4 Å².